The summed E-state index contributed by atoms with van der Waals surface area (Å²) in [6.07, 6.45) is 3.20. The maximum atomic E-state index is 13.3. The Kier molecular flexibility index (Phi) is 6.83. The number of aliphatic hydroxyl groups excluding tert-OH is 1. The number of halogens is 2. The zero-order valence-corrected chi connectivity index (χ0v) is 10.7. The third-order valence-corrected chi connectivity index (χ3v) is 2.76. The van der Waals surface area contributed by atoms with Gasteiger partial charge in [0.05, 0.1) is 6.61 Å². The predicted molar refractivity (Wildman–Crippen MR) is 66.3 cm³/mol. The average Bonchev–Trinajstić information content (AvgIpc) is 2.36. The van der Waals surface area contributed by atoms with Gasteiger partial charge < -0.3 is 9.84 Å². The van der Waals surface area contributed by atoms with Gasteiger partial charge >= 0.3 is 0 Å². The van der Waals surface area contributed by atoms with Crippen LogP contribution in [0, 0.1) is 11.6 Å². The van der Waals surface area contributed by atoms with Gasteiger partial charge in [0, 0.05) is 12.2 Å². The lowest BCUT2D eigenvalue weighted by Crippen LogP contribution is -2.10. The first-order chi connectivity index (χ1) is 8.66. The van der Waals surface area contributed by atoms with E-state index in [1.165, 1.54) is 12.1 Å². The first-order valence-electron chi connectivity index (χ1n) is 6.36. The molecule has 102 valence electrons. The smallest absolute Gasteiger partial charge is 0.164 e. The topological polar surface area (TPSA) is 29.5 Å². The van der Waals surface area contributed by atoms with Crippen molar-refractivity contribution in [1.29, 1.82) is 0 Å². The molecule has 0 bridgehead atoms. The fourth-order valence-corrected chi connectivity index (χ4v) is 1.69. The molecule has 1 N–H and O–H groups in total. The van der Waals surface area contributed by atoms with Crippen LogP contribution in [0.3, 0.4) is 0 Å². The lowest BCUT2D eigenvalue weighted by molar-refractivity contribution is 0.0324. The van der Waals surface area contributed by atoms with Crippen molar-refractivity contribution < 1.29 is 18.6 Å². The van der Waals surface area contributed by atoms with Gasteiger partial charge in [0.25, 0.3) is 0 Å². The first-order valence-corrected chi connectivity index (χ1v) is 6.36. The van der Waals surface area contributed by atoms with Crippen molar-refractivity contribution >= 4 is 0 Å². The summed E-state index contributed by atoms with van der Waals surface area (Å²) in [5.41, 5.74) is -0.0523. The van der Waals surface area contributed by atoms with Crippen LogP contribution >= 0.6 is 0 Å². The molecule has 1 unspecified atom stereocenters. The van der Waals surface area contributed by atoms with Crippen LogP contribution in [0.4, 0.5) is 8.78 Å². The highest BCUT2D eigenvalue weighted by Crippen LogP contribution is 2.19. The molecular formula is C14H20F2O2. The molecule has 0 amide bonds. The highest BCUT2D eigenvalue weighted by Gasteiger charge is 2.15. The molecule has 0 fully saturated rings. The summed E-state index contributed by atoms with van der Waals surface area (Å²) in [5.74, 6) is -1.95. The third kappa shape index (κ3) is 4.70. The number of hydrogen-bond donors (Lipinski definition) is 1. The number of rotatable bonds is 8. The molecule has 0 aliphatic heterocycles. The first kappa shape index (κ1) is 15.1. The van der Waals surface area contributed by atoms with E-state index in [0.29, 0.717) is 6.61 Å². The van der Waals surface area contributed by atoms with Gasteiger partial charge in [0.2, 0.25) is 0 Å². The fourth-order valence-electron chi connectivity index (χ4n) is 1.69. The normalized spacial score (nSPS) is 12.7. The number of hydrogen-bond acceptors (Lipinski definition) is 2. The minimum Gasteiger partial charge on any atom is -0.386 e. The van der Waals surface area contributed by atoms with Crippen molar-refractivity contribution in [3.05, 3.63) is 35.4 Å². The van der Waals surface area contributed by atoms with Crippen molar-refractivity contribution in [2.75, 3.05) is 13.2 Å². The van der Waals surface area contributed by atoms with Crippen molar-refractivity contribution in [2.45, 2.75) is 38.7 Å². The molecule has 1 aromatic carbocycles. The Morgan fingerprint density at radius 2 is 2.00 bits per heavy atom. The molecule has 0 saturated carbocycles. The molecule has 0 aliphatic carbocycles. The number of benzene rings is 1. The fraction of sp³-hybridized carbons (Fsp3) is 0.571. The quantitative estimate of drug-likeness (QED) is 0.722. The van der Waals surface area contributed by atoms with Gasteiger partial charge in [-0.15, -0.1) is 0 Å². The van der Waals surface area contributed by atoms with Crippen LogP contribution in [0.2, 0.25) is 0 Å². The Bertz CT molecular complexity index is 356. The van der Waals surface area contributed by atoms with E-state index in [2.05, 4.69) is 6.92 Å². The van der Waals surface area contributed by atoms with E-state index < -0.39 is 17.7 Å². The van der Waals surface area contributed by atoms with Gasteiger partial charge in [-0.1, -0.05) is 38.3 Å². The molecule has 0 aliphatic rings. The highest BCUT2D eigenvalue weighted by molar-refractivity contribution is 5.21. The molecule has 1 aromatic rings. The van der Waals surface area contributed by atoms with E-state index in [9.17, 15) is 13.9 Å². The summed E-state index contributed by atoms with van der Waals surface area (Å²) in [7, 11) is 0. The van der Waals surface area contributed by atoms with Crippen molar-refractivity contribution in [3.63, 3.8) is 0 Å². The molecule has 0 aromatic heterocycles. The van der Waals surface area contributed by atoms with Gasteiger partial charge in [-0.25, -0.2) is 8.78 Å². The SMILES string of the molecule is CCCCCCOCC(O)c1cccc(F)c1F. The van der Waals surface area contributed by atoms with E-state index in [0.717, 1.165) is 31.7 Å². The number of aliphatic hydroxyl groups is 1. The van der Waals surface area contributed by atoms with Crippen LogP contribution in [0.1, 0.15) is 44.3 Å². The van der Waals surface area contributed by atoms with Crippen LogP contribution in [0.15, 0.2) is 18.2 Å². The predicted octanol–water partition coefficient (Wildman–Crippen LogP) is 3.60. The Balaban J connectivity index is 2.32. The van der Waals surface area contributed by atoms with E-state index in [-0.39, 0.29) is 12.2 Å². The van der Waals surface area contributed by atoms with Crippen LogP contribution in [-0.2, 0) is 4.74 Å². The Morgan fingerprint density at radius 1 is 1.22 bits per heavy atom. The molecule has 4 heteroatoms. The molecule has 0 radical (unpaired) electrons. The van der Waals surface area contributed by atoms with E-state index in [4.69, 9.17) is 4.74 Å². The van der Waals surface area contributed by atoms with E-state index in [1.54, 1.807) is 0 Å². The summed E-state index contributed by atoms with van der Waals surface area (Å²) in [6.45, 7) is 2.65. The van der Waals surface area contributed by atoms with E-state index in [1.807, 2.05) is 0 Å². The standard InChI is InChI=1S/C14H20F2O2/c1-2-3-4-5-9-18-10-13(17)11-7-6-8-12(15)14(11)16/h6-8,13,17H,2-5,9-10H2,1H3. The monoisotopic (exact) mass is 258 g/mol. The van der Waals surface area contributed by atoms with Crippen molar-refractivity contribution in [3.8, 4) is 0 Å². The summed E-state index contributed by atoms with van der Waals surface area (Å²) >= 11 is 0. The Labute approximate surface area is 107 Å². The number of ether oxygens (including phenoxy) is 1. The minimum atomic E-state index is -1.12. The third-order valence-electron chi connectivity index (χ3n) is 2.76. The molecular weight excluding hydrogens is 238 g/mol. The molecule has 18 heavy (non-hydrogen) atoms. The summed E-state index contributed by atoms with van der Waals surface area (Å²) in [4.78, 5) is 0. The largest absolute Gasteiger partial charge is 0.386 e. The van der Waals surface area contributed by atoms with Gasteiger partial charge in [-0.3, -0.25) is 0 Å². The number of unbranched alkanes of at least 4 members (excludes halogenated alkanes) is 3. The summed E-state index contributed by atoms with van der Waals surface area (Å²) < 4.78 is 31.5. The second kappa shape index (κ2) is 8.16. The molecule has 1 atom stereocenters. The van der Waals surface area contributed by atoms with Crippen LogP contribution in [-0.4, -0.2) is 18.3 Å². The minimum absolute atomic E-state index is 0.00744. The maximum absolute atomic E-state index is 13.3. The lowest BCUT2D eigenvalue weighted by atomic mass is 10.1. The molecule has 0 saturated heterocycles. The van der Waals surface area contributed by atoms with Crippen molar-refractivity contribution in [1.82, 2.24) is 0 Å². The molecule has 0 heterocycles. The zero-order valence-electron chi connectivity index (χ0n) is 10.7. The van der Waals surface area contributed by atoms with Gasteiger partial charge in [-0.2, -0.15) is 0 Å². The van der Waals surface area contributed by atoms with Gasteiger partial charge in [0.1, 0.15) is 6.10 Å². The summed E-state index contributed by atoms with van der Waals surface area (Å²) in [6, 6.07) is 3.76. The Hall–Kier alpha value is -1.00. The lowest BCUT2D eigenvalue weighted by Gasteiger charge is -2.12. The maximum Gasteiger partial charge on any atom is 0.164 e. The second-order valence-corrected chi connectivity index (χ2v) is 4.29. The summed E-state index contributed by atoms with van der Waals surface area (Å²) in [5, 5.41) is 9.70. The highest BCUT2D eigenvalue weighted by atomic mass is 19.2. The zero-order chi connectivity index (χ0) is 13.4. The Morgan fingerprint density at radius 3 is 2.72 bits per heavy atom. The van der Waals surface area contributed by atoms with Crippen LogP contribution in [0.5, 0.6) is 0 Å². The van der Waals surface area contributed by atoms with Crippen LogP contribution < -0.4 is 0 Å². The molecule has 0 spiro atoms. The van der Waals surface area contributed by atoms with Crippen molar-refractivity contribution in [2.24, 2.45) is 0 Å². The average molecular weight is 258 g/mol. The van der Waals surface area contributed by atoms with E-state index >= 15 is 0 Å². The van der Waals surface area contributed by atoms with Gasteiger partial charge in [0.15, 0.2) is 11.6 Å². The molecule has 1 rings (SSSR count). The molecule has 2 nitrogen and oxygen atoms in total. The van der Waals surface area contributed by atoms with Gasteiger partial charge in [-0.05, 0) is 12.5 Å². The van der Waals surface area contributed by atoms with Crippen LogP contribution in [0.25, 0.3) is 0 Å². The second-order valence-electron chi connectivity index (χ2n) is 4.29.